The molecule has 0 bridgehead atoms. The van der Waals surface area contributed by atoms with E-state index in [9.17, 15) is 4.79 Å². The van der Waals surface area contributed by atoms with Crippen molar-refractivity contribution in [1.29, 1.82) is 0 Å². The first-order chi connectivity index (χ1) is 4.74. The summed E-state index contributed by atoms with van der Waals surface area (Å²) in [6, 6.07) is 0. The molecule has 0 spiro atoms. The Balaban J connectivity index is 2.57. The van der Waals surface area contributed by atoms with Gasteiger partial charge >= 0.3 is 5.97 Å². The summed E-state index contributed by atoms with van der Waals surface area (Å²) in [6.45, 7) is 0.810. The van der Waals surface area contributed by atoms with Crippen molar-refractivity contribution < 1.29 is 9.53 Å². The fraction of sp³-hybridized carbons (Fsp3) is 0.667. The van der Waals surface area contributed by atoms with E-state index in [1.54, 1.807) is 5.01 Å². The smallest absolute Gasteiger partial charge is 0.354 e. The maximum atomic E-state index is 10.8. The van der Waals surface area contributed by atoms with E-state index >= 15 is 0 Å². The van der Waals surface area contributed by atoms with Gasteiger partial charge in [0.05, 0.1) is 7.11 Å². The number of carbonyl (C=O) groups is 1. The van der Waals surface area contributed by atoms with Gasteiger partial charge in [0, 0.05) is 20.0 Å². The third-order valence-electron chi connectivity index (χ3n) is 1.38. The highest BCUT2D eigenvalue weighted by molar-refractivity contribution is 6.36. The molecule has 0 unspecified atom stereocenters. The highest BCUT2D eigenvalue weighted by Crippen LogP contribution is 2.03. The lowest BCUT2D eigenvalue weighted by atomic mass is 10.3. The van der Waals surface area contributed by atoms with E-state index in [0.29, 0.717) is 12.1 Å². The number of hydrogen-bond acceptors (Lipinski definition) is 4. The summed E-state index contributed by atoms with van der Waals surface area (Å²) < 4.78 is 4.49. The molecule has 0 saturated heterocycles. The SMILES string of the molecule is COC(=O)C1=NN(C)CC1. The van der Waals surface area contributed by atoms with Crippen LogP contribution < -0.4 is 0 Å². The minimum Gasteiger partial charge on any atom is -0.464 e. The summed E-state index contributed by atoms with van der Waals surface area (Å²) in [4.78, 5) is 10.8. The molecule has 0 aromatic rings. The molecule has 0 fully saturated rings. The third kappa shape index (κ3) is 1.26. The number of hydrogen-bond donors (Lipinski definition) is 0. The van der Waals surface area contributed by atoms with Crippen LogP contribution in [0.5, 0.6) is 0 Å². The standard InChI is InChI=1S/C6H10N2O2/c1-8-4-3-5(7-8)6(9)10-2/h3-4H2,1-2H3. The zero-order chi connectivity index (χ0) is 7.56. The third-order valence-corrected chi connectivity index (χ3v) is 1.38. The highest BCUT2D eigenvalue weighted by atomic mass is 16.5. The van der Waals surface area contributed by atoms with E-state index in [0.717, 1.165) is 6.54 Å². The average Bonchev–Trinajstić information content (AvgIpc) is 2.34. The molecule has 4 heteroatoms. The van der Waals surface area contributed by atoms with Crippen molar-refractivity contribution in [2.75, 3.05) is 20.7 Å². The van der Waals surface area contributed by atoms with Gasteiger partial charge in [0.1, 0.15) is 5.71 Å². The van der Waals surface area contributed by atoms with Crippen LogP contribution in [0.15, 0.2) is 5.10 Å². The van der Waals surface area contributed by atoms with Gasteiger partial charge in [0.15, 0.2) is 0 Å². The molecule has 1 rings (SSSR count). The van der Waals surface area contributed by atoms with E-state index in [1.165, 1.54) is 7.11 Å². The van der Waals surface area contributed by atoms with Crippen LogP contribution in [0.25, 0.3) is 0 Å². The lowest BCUT2D eigenvalue weighted by molar-refractivity contribution is -0.132. The summed E-state index contributed by atoms with van der Waals surface area (Å²) in [7, 11) is 3.19. The summed E-state index contributed by atoms with van der Waals surface area (Å²) in [5.74, 6) is -0.315. The zero-order valence-electron chi connectivity index (χ0n) is 6.13. The topological polar surface area (TPSA) is 41.9 Å². The minimum absolute atomic E-state index is 0.315. The fourth-order valence-electron chi connectivity index (χ4n) is 0.834. The van der Waals surface area contributed by atoms with E-state index in [4.69, 9.17) is 0 Å². The molecule has 56 valence electrons. The van der Waals surface area contributed by atoms with Gasteiger partial charge in [-0.15, -0.1) is 0 Å². The Kier molecular flexibility index (Phi) is 1.89. The molecule has 0 N–H and O–H groups in total. The van der Waals surface area contributed by atoms with Crippen LogP contribution in [-0.2, 0) is 9.53 Å². The lowest BCUT2D eigenvalue weighted by Gasteiger charge is -2.00. The normalized spacial score (nSPS) is 17.0. The molecular weight excluding hydrogens is 132 g/mol. The predicted molar refractivity (Wildman–Crippen MR) is 36.7 cm³/mol. The molecule has 0 aromatic heterocycles. The Bertz CT molecular complexity index is 177. The predicted octanol–water partition coefficient (Wildman–Crippen LogP) is -0.149. The summed E-state index contributed by atoms with van der Waals surface area (Å²) in [5.41, 5.74) is 0.519. The molecule has 0 atom stereocenters. The molecule has 10 heavy (non-hydrogen) atoms. The summed E-state index contributed by atoms with van der Waals surface area (Å²) >= 11 is 0. The Hall–Kier alpha value is -1.06. The Labute approximate surface area is 59.5 Å². The second-order valence-corrected chi connectivity index (χ2v) is 2.17. The highest BCUT2D eigenvalue weighted by Gasteiger charge is 2.18. The molecule has 0 aliphatic carbocycles. The van der Waals surface area contributed by atoms with E-state index in [2.05, 4.69) is 9.84 Å². The van der Waals surface area contributed by atoms with Gasteiger partial charge in [-0.3, -0.25) is 5.01 Å². The first-order valence-electron chi connectivity index (χ1n) is 3.11. The zero-order valence-corrected chi connectivity index (χ0v) is 6.13. The molecule has 1 aliphatic heterocycles. The Morgan fingerprint density at radius 1 is 1.80 bits per heavy atom. The Morgan fingerprint density at radius 3 is 2.90 bits per heavy atom. The van der Waals surface area contributed by atoms with Gasteiger partial charge in [0.2, 0.25) is 0 Å². The quantitative estimate of drug-likeness (QED) is 0.478. The van der Waals surface area contributed by atoms with Gasteiger partial charge in [-0.2, -0.15) is 5.10 Å². The number of carbonyl (C=O) groups excluding carboxylic acids is 1. The van der Waals surface area contributed by atoms with Crippen molar-refractivity contribution in [3.63, 3.8) is 0 Å². The number of nitrogens with zero attached hydrogens (tertiary/aromatic N) is 2. The molecule has 0 aromatic carbocycles. The minimum atomic E-state index is -0.315. The second kappa shape index (κ2) is 2.68. The maximum absolute atomic E-state index is 10.8. The number of methoxy groups -OCH3 is 1. The van der Waals surface area contributed by atoms with Gasteiger partial charge in [0.25, 0.3) is 0 Å². The van der Waals surface area contributed by atoms with Crippen molar-refractivity contribution in [3.8, 4) is 0 Å². The van der Waals surface area contributed by atoms with Gasteiger partial charge in [-0.1, -0.05) is 0 Å². The largest absolute Gasteiger partial charge is 0.464 e. The van der Waals surface area contributed by atoms with Crippen LogP contribution in [0.3, 0.4) is 0 Å². The molecule has 0 amide bonds. The number of hydrazone groups is 1. The van der Waals surface area contributed by atoms with Crippen LogP contribution in [0.2, 0.25) is 0 Å². The number of ether oxygens (including phenoxy) is 1. The molecule has 1 aliphatic rings. The molecular formula is C6H10N2O2. The van der Waals surface area contributed by atoms with E-state index < -0.39 is 0 Å². The molecule has 1 heterocycles. The van der Waals surface area contributed by atoms with Crippen LogP contribution in [0, 0.1) is 0 Å². The first kappa shape index (κ1) is 7.05. The van der Waals surface area contributed by atoms with Crippen molar-refractivity contribution in [3.05, 3.63) is 0 Å². The van der Waals surface area contributed by atoms with Crippen LogP contribution >= 0.6 is 0 Å². The van der Waals surface area contributed by atoms with Crippen molar-refractivity contribution in [2.45, 2.75) is 6.42 Å². The van der Waals surface area contributed by atoms with Crippen molar-refractivity contribution >= 4 is 11.7 Å². The van der Waals surface area contributed by atoms with Crippen LogP contribution in [0.4, 0.5) is 0 Å². The molecule has 0 radical (unpaired) electrons. The second-order valence-electron chi connectivity index (χ2n) is 2.17. The monoisotopic (exact) mass is 142 g/mol. The maximum Gasteiger partial charge on any atom is 0.354 e. The number of rotatable bonds is 1. The Morgan fingerprint density at radius 2 is 2.50 bits per heavy atom. The average molecular weight is 142 g/mol. The lowest BCUT2D eigenvalue weighted by Crippen LogP contribution is -2.12. The van der Waals surface area contributed by atoms with Crippen LogP contribution in [0.1, 0.15) is 6.42 Å². The van der Waals surface area contributed by atoms with Gasteiger partial charge in [-0.25, -0.2) is 4.79 Å². The van der Waals surface area contributed by atoms with Crippen LogP contribution in [-0.4, -0.2) is 37.4 Å². The number of esters is 1. The van der Waals surface area contributed by atoms with Crippen molar-refractivity contribution in [1.82, 2.24) is 5.01 Å². The van der Waals surface area contributed by atoms with E-state index in [1.807, 2.05) is 7.05 Å². The van der Waals surface area contributed by atoms with Gasteiger partial charge in [-0.05, 0) is 0 Å². The molecule has 4 nitrogen and oxygen atoms in total. The fourth-order valence-corrected chi connectivity index (χ4v) is 0.834. The summed E-state index contributed by atoms with van der Waals surface area (Å²) in [5, 5.41) is 5.66. The van der Waals surface area contributed by atoms with Crippen molar-refractivity contribution in [2.24, 2.45) is 5.10 Å². The van der Waals surface area contributed by atoms with E-state index in [-0.39, 0.29) is 5.97 Å². The van der Waals surface area contributed by atoms with Gasteiger partial charge < -0.3 is 4.74 Å². The summed E-state index contributed by atoms with van der Waals surface area (Å²) in [6.07, 6.45) is 0.698. The first-order valence-corrected chi connectivity index (χ1v) is 3.11. The molecule has 0 saturated carbocycles.